The maximum absolute atomic E-state index is 5.85. The standard InChI is InChI=1S/C13H15Cl2N/c1-9(14)8-16-13-6-11(7-13)10-2-4-12(15)5-3-10/h2-5,11,13,16H,1,6-8H2. The second-order valence-electron chi connectivity index (χ2n) is 4.31. The van der Waals surface area contributed by atoms with Crippen molar-refractivity contribution in [3.05, 3.63) is 46.5 Å². The largest absolute Gasteiger partial charge is 0.309 e. The first-order valence-electron chi connectivity index (χ1n) is 5.47. The van der Waals surface area contributed by atoms with Gasteiger partial charge >= 0.3 is 0 Å². The van der Waals surface area contributed by atoms with Crippen LogP contribution in [0.2, 0.25) is 5.02 Å². The van der Waals surface area contributed by atoms with Gasteiger partial charge in [0.2, 0.25) is 0 Å². The second kappa shape index (κ2) is 5.22. The molecule has 1 saturated carbocycles. The fourth-order valence-electron chi connectivity index (χ4n) is 2.05. The van der Waals surface area contributed by atoms with Gasteiger partial charge in [-0.25, -0.2) is 0 Å². The molecule has 0 spiro atoms. The monoisotopic (exact) mass is 255 g/mol. The van der Waals surface area contributed by atoms with Crippen molar-refractivity contribution in [2.45, 2.75) is 24.8 Å². The average Bonchev–Trinajstić information content (AvgIpc) is 2.18. The number of halogens is 2. The van der Waals surface area contributed by atoms with Crippen molar-refractivity contribution < 1.29 is 0 Å². The fraction of sp³-hybridized carbons (Fsp3) is 0.385. The van der Waals surface area contributed by atoms with E-state index >= 15 is 0 Å². The molecule has 0 unspecified atom stereocenters. The van der Waals surface area contributed by atoms with E-state index in [0.29, 0.717) is 23.5 Å². The molecule has 1 fully saturated rings. The Kier molecular flexibility index (Phi) is 3.91. The van der Waals surface area contributed by atoms with Crippen molar-refractivity contribution in [2.75, 3.05) is 6.54 Å². The van der Waals surface area contributed by atoms with Gasteiger partial charge in [0.05, 0.1) is 0 Å². The lowest BCUT2D eigenvalue weighted by molar-refractivity contribution is 0.299. The highest BCUT2D eigenvalue weighted by Gasteiger charge is 2.29. The SMILES string of the molecule is C=C(Cl)CNC1CC(c2ccc(Cl)cc2)C1. The molecule has 0 aromatic heterocycles. The maximum Gasteiger partial charge on any atom is 0.0406 e. The summed E-state index contributed by atoms with van der Waals surface area (Å²) in [6.45, 7) is 4.37. The first-order valence-corrected chi connectivity index (χ1v) is 6.23. The lowest BCUT2D eigenvalue weighted by Gasteiger charge is -2.36. The van der Waals surface area contributed by atoms with E-state index in [1.165, 1.54) is 18.4 Å². The van der Waals surface area contributed by atoms with Crippen molar-refractivity contribution in [3.63, 3.8) is 0 Å². The molecule has 0 heterocycles. The van der Waals surface area contributed by atoms with E-state index in [9.17, 15) is 0 Å². The highest BCUT2D eigenvalue weighted by Crippen LogP contribution is 2.37. The van der Waals surface area contributed by atoms with Crippen molar-refractivity contribution in [2.24, 2.45) is 0 Å². The normalized spacial score (nSPS) is 23.9. The van der Waals surface area contributed by atoms with Gasteiger partial charge in [-0.1, -0.05) is 41.9 Å². The van der Waals surface area contributed by atoms with Gasteiger partial charge in [0.15, 0.2) is 0 Å². The number of hydrogen-bond donors (Lipinski definition) is 1. The minimum atomic E-state index is 0.580. The van der Waals surface area contributed by atoms with Gasteiger partial charge in [0.1, 0.15) is 0 Å². The molecule has 3 heteroatoms. The van der Waals surface area contributed by atoms with Crippen LogP contribution in [0.5, 0.6) is 0 Å². The molecule has 1 aliphatic rings. The number of nitrogens with one attached hydrogen (secondary N) is 1. The molecule has 0 bridgehead atoms. The van der Waals surface area contributed by atoms with Crippen LogP contribution < -0.4 is 5.32 Å². The predicted octanol–water partition coefficient (Wildman–Crippen LogP) is 3.93. The van der Waals surface area contributed by atoms with Crippen LogP contribution in [0.25, 0.3) is 0 Å². The molecule has 0 radical (unpaired) electrons. The summed E-state index contributed by atoms with van der Waals surface area (Å²) >= 11 is 11.6. The highest BCUT2D eigenvalue weighted by molar-refractivity contribution is 6.30. The molecule has 16 heavy (non-hydrogen) atoms. The molecule has 86 valence electrons. The van der Waals surface area contributed by atoms with Gasteiger partial charge in [0.25, 0.3) is 0 Å². The molecule has 2 rings (SSSR count). The first kappa shape index (κ1) is 12.0. The zero-order valence-corrected chi connectivity index (χ0v) is 10.6. The smallest absolute Gasteiger partial charge is 0.0406 e. The minimum Gasteiger partial charge on any atom is -0.309 e. The molecular weight excluding hydrogens is 241 g/mol. The van der Waals surface area contributed by atoms with Crippen LogP contribution in [-0.4, -0.2) is 12.6 Å². The molecule has 0 saturated heterocycles. The third-order valence-corrected chi connectivity index (χ3v) is 3.45. The van der Waals surface area contributed by atoms with Crippen molar-refractivity contribution in [1.82, 2.24) is 5.32 Å². The van der Waals surface area contributed by atoms with Gasteiger partial charge in [0, 0.05) is 22.6 Å². The summed E-state index contributed by atoms with van der Waals surface area (Å²) in [7, 11) is 0. The summed E-state index contributed by atoms with van der Waals surface area (Å²) in [5, 5.41) is 4.85. The lowest BCUT2D eigenvalue weighted by Crippen LogP contribution is -2.40. The van der Waals surface area contributed by atoms with Crippen LogP contribution in [0.1, 0.15) is 24.3 Å². The Labute approximate surface area is 106 Å². The third kappa shape index (κ3) is 3.00. The molecule has 1 aromatic rings. The van der Waals surface area contributed by atoms with Crippen molar-refractivity contribution in [3.8, 4) is 0 Å². The molecule has 0 atom stereocenters. The summed E-state index contributed by atoms with van der Waals surface area (Å²) in [4.78, 5) is 0. The molecule has 0 amide bonds. The topological polar surface area (TPSA) is 12.0 Å². The van der Waals surface area contributed by atoms with E-state index in [4.69, 9.17) is 23.2 Å². The van der Waals surface area contributed by atoms with E-state index in [2.05, 4.69) is 24.0 Å². The summed E-state index contributed by atoms with van der Waals surface area (Å²) in [5.74, 6) is 0.665. The van der Waals surface area contributed by atoms with Crippen LogP contribution in [-0.2, 0) is 0 Å². The fourth-order valence-corrected chi connectivity index (χ4v) is 2.25. The minimum absolute atomic E-state index is 0.580. The average molecular weight is 256 g/mol. The Balaban J connectivity index is 1.79. The zero-order chi connectivity index (χ0) is 11.5. The van der Waals surface area contributed by atoms with Gasteiger partial charge in [-0.15, -0.1) is 0 Å². The summed E-state index contributed by atoms with van der Waals surface area (Å²) in [5.41, 5.74) is 1.38. The van der Waals surface area contributed by atoms with Gasteiger partial charge < -0.3 is 5.32 Å². The summed E-state index contributed by atoms with van der Waals surface area (Å²) in [6.07, 6.45) is 2.34. The Morgan fingerprint density at radius 2 is 1.94 bits per heavy atom. The molecule has 1 nitrogen and oxygen atoms in total. The van der Waals surface area contributed by atoms with Crippen LogP contribution in [0, 0.1) is 0 Å². The Morgan fingerprint density at radius 3 is 2.50 bits per heavy atom. The van der Waals surface area contributed by atoms with E-state index < -0.39 is 0 Å². The second-order valence-corrected chi connectivity index (χ2v) is 5.29. The number of hydrogen-bond acceptors (Lipinski definition) is 1. The molecular formula is C13H15Cl2N. The highest BCUT2D eigenvalue weighted by atomic mass is 35.5. The predicted molar refractivity (Wildman–Crippen MR) is 70.2 cm³/mol. The van der Waals surface area contributed by atoms with Crippen LogP contribution in [0.3, 0.4) is 0 Å². The van der Waals surface area contributed by atoms with Crippen LogP contribution >= 0.6 is 23.2 Å². The van der Waals surface area contributed by atoms with Gasteiger partial charge in [-0.3, -0.25) is 0 Å². The van der Waals surface area contributed by atoms with Crippen molar-refractivity contribution in [1.29, 1.82) is 0 Å². The molecule has 1 aliphatic carbocycles. The van der Waals surface area contributed by atoms with Crippen LogP contribution in [0.4, 0.5) is 0 Å². The summed E-state index contributed by atoms with van der Waals surface area (Å²) in [6, 6.07) is 8.72. The van der Waals surface area contributed by atoms with Crippen molar-refractivity contribution >= 4 is 23.2 Å². The van der Waals surface area contributed by atoms with E-state index in [1.807, 2.05) is 12.1 Å². The summed E-state index contributed by atoms with van der Waals surface area (Å²) < 4.78 is 0. The van der Waals surface area contributed by atoms with Gasteiger partial charge in [-0.2, -0.15) is 0 Å². The van der Waals surface area contributed by atoms with E-state index in [1.54, 1.807) is 0 Å². The van der Waals surface area contributed by atoms with E-state index in [0.717, 1.165) is 5.02 Å². The quantitative estimate of drug-likeness (QED) is 0.860. The van der Waals surface area contributed by atoms with E-state index in [-0.39, 0.29) is 0 Å². The number of benzene rings is 1. The Hall–Kier alpha value is -0.500. The maximum atomic E-state index is 5.85. The van der Waals surface area contributed by atoms with Gasteiger partial charge in [-0.05, 0) is 36.5 Å². The molecule has 0 aliphatic heterocycles. The number of rotatable bonds is 4. The molecule has 1 N–H and O–H groups in total. The Bertz CT molecular complexity index is 366. The Morgan fingerprint density at radius 1 is 1.31 bits per heavy atom. The lowest BCUT2D eigenvalue weighted by atomic mass is 9.76. The third-order valence-electron chi connectivity index (χ3n) is 3.06. The zero-order valence-electron chi connectivity index (χ0n) is 9.05. The first-order chi connectivity index (χ1) is 7.65. The molecule has 1 aromatic carbocycles. The van der Waals surface area contributed by atoms with Crippen LogP contribution in [0.15, 0.2) is 35.9 Å².